The molecule has 0 aliphatic carbocycles. The normalized spacial score (nSPS) is 0. The van der Waals surface area contributed by atoms with Crippen LogP contribution in [0.25, 0.3) is 0 Å². The van der Waals surface area contributed by atoms with Gasteiger partial charge in [-0.15, -0.1) is 0 Å². The van der Waals surface area contributed by atoms with Crippen LogP contribution in [-0.4, -0.2) is 42.4 Å². The minimum atomic E-state index is 0. The van der Waals surface area contributed by atoms with Gasteiger partial charge in [0, 0.05) is 75.1 Å². The molecule has 0 spiro atoms. The molecule has 0 aromatic carbocycles. The van der Waals surface area contributed by atoms with Crippen LogP contribution in [0, 0.1) is 0 Å². The first-order valence-electron chi connectivity index (χ1n) is 0. The van der Waals surface area contributed by atoms with Crippen LogP contribution in [0.3, 0.4) is 0 Å². The zero-order valence-corrected chi connectivity index (χ0v) is 7.61. The second kappa shape index (κ2) is 19.2. The summed E-state index contributed by atoms with van der Waals surface area (Å²) in [5, 5.41) is 0. The summed E-state index contributed by atoms with van der Waals surface area (Å²) in [6, 6.07) is 0. The Kier molecular flexibility index (Phi) is 169. The molecule has 10 radical (unpaired) electrons. The minimum Gasteiger partial charge on any atom is 0 e. The first-order valence-corrected chi connectivity index (χ1v) is 0. The molecule has 12 valence electrons. The van der Waals surface area contributed by atoms with E-state index in [0.717, 1.165) is 0 Å². The summed E-state index contributed by atoms with van der Waals surface area (Å²) < 4.78 is 0. The van der Waals surface area contributed by atoms with E-state index in [1.165, 1.54) is 0 Å². The van der Waals surface area contributed by atoms with Gasteiger partial charge < -0.3 is 0 Å². The molecule has 4 heavy (non-hydrogen) atoms. The third kappa shape index (κ3) is 8.91. The standard InChI is InChI=1S/B.Mg.Si.Y. The Morgan fingerprint density at radius 1 is 1.00 bits per heavy atom. The van der Waals surface area contributed by atoms with Crippen LogP contribution < -0.4 is 0 Å². The van der Waals surface area contributed by atoms with Gasteiger partial charge in [0.2, 0.25) is 0 Å². The zero-order chi connectivity index (χ0) is 0. The molecule has 0 rings (SSSR count). The Bertz CT molecular complexity index is 8.00. The average molecular weight is 152 g/mol. The summed E-state index contributed by atoms with van der Waals surface area (Å²) >= 11 is 0. The summed E-state index contributed by atoms with van der Waals surface area (Å²) in [5.74, 6) is 0. The van der Waals surface area contributed by atoms with Gasteiger partial charge in [-0.2, -0.15) is 0 Å². The maximum atomic E-state index is 0. The van der Waals surface area contributed by atoms with Gasteiger partial charge in [-0.3, -0.25) is 0 Å². The van der Waals surface area contributed by atoms with E-state index in [4.69, 9.17) is 0 Å². The molecule has 0 fully saturated rings. The molecule has 0 aromatic rings. The van der Waals surface area contributed by atoms with Crippen LogP contribution in [0.15, 0.2) is 0 Å². The van der Waals surface area contributed by atoms with Crippen molar-refractivity contribution in [1.29, 1.82) is 0 Å². The van der Waals surface area contributed by atoms with Gasteiger partial charge in [0.15, 0.2) is 0 Å². The Morgan fingerprint density at radius 2 is 1.00 bits per heavy atom. The van der Waals surface area contributed by atoms with Crippen LogP contribution in [0.4, 0.5) is 0 Å². The predicted octanol–water partition coefficient (Wildman–Crippen LogP) is -1.14. The molecule has 0 saturated carbocycles. The van der Waals surface area contributed by atoms with Crippen molar-refractivity contribution in [2.45, 2.75) is 0 Å². The summed E-state index contributed by atoms with van der Waals surface area (Å²) in [7, 11) is 0. The molecular weight excluding hydrogens is 152 g/mol. The summed E-state index contributed by atoms with van der Waals surface area (Å²) in [6.07, 6.45) is 0. The molecule has 0 amide bonds. The average Bonchev–Trinajstić information content (AvgIpc) is 0. The number of rotatable bonds is 0. The van der Waals surface area contributed by atoms with Crippen molar-refractivity contribution < 1.29 is 32.7 Å². The number of hydrogen-bond donors (Lipinski definition) is 0. The van der Waals surface area contributed by atoms with Crippen molar-refractivity contribution >= 4 is 42.4 Å². The first-order chi connectivity index (χ1) is 0. The van der Waals surface area contributed by atoms with E-state index in [1.54, 1.807) is 0 Å². The molecule has 0 unspecified atom stereocenters. The van der Waals surface area contributed by atoms with E-state index in [-0.39, 0.29) is 75.1 Å². The van der Waals surface area contributed by atoms with Gasteiger partial charge in [-0.25, -0.2) is 0 Å². The summed E-state index contributed by atoms with van der Waals surface area (Å²) in [6.45, 7) is 0. The van der Waals surface area contributed by atoms with Crippen LogP contribution in [0.2, 0.25) is 0 Å². The van der Waals surface area contributed by atoms with Gasteiger partial charge >= 0.3 is 0 Å². The van der Waals surface area contributed by atoms with Gasteiger partial charge in [0.05, 0.1) is 0 Å². The van der Waals surface area contributed by atoms with E-state index in [9.17, 15) is 0 Å². The second-order valence-corrected chi connectivity index (χ2v) is 0. The number of hydrogen-bond acceptors (Lipinski definition) is 0. The molecule has 0 aliphatic heterocycles. The maximum absolute atomic E-state index is 0. The topological polar surface area (TPSA) is 0 Å². The third-order valence-electron chi connectivity index (χ3n) is 0. The fraction of sp³-hybridized carbons (Fsp3) is 0. The molecule has 0 aliphatic rings. The van der Waals surface area contributed by atoms with E-state index in [1.807, 2.05) is 0 Å². The van der Waals surface area contributed by atoms with Crippen molar-refractivity contribution in [2.24, 2.45) is 0 Å². The molecule has 0 nitrogen and oxygen atoms in total. The van der Waals surface area contributed by atoms with Crippen LogP contribution >= 0.6 is 0 Å². The predicted molar refractivity (Wildman–Crippen MR) is 17.3 cm³/mol. The Hall–Kier alpha value is 2.15. The van der Waals surface area contributed by atoms with Gasteiger partial charge in [0.25, 0.3) is 0 Å². The van der Waals surface area contributed by atoms with Gasteiger partial charge in [0.1, 0.15) is 0 Å². The van der Waals surface area contributed by atoms with Crippen molar-refractivity contribution in [1.82, 2.24) is 0 Å². The minimum absolute atomic E-state index is 0. The largest absolute Gasteiger partial charge is 0 e. The van der Waals surface area contributed by atoms with E-state index >= 15 is 0 Å². The quantitative estimate of drug-likeness (QED) is 0.385. The summed E-state index contributed by atoms with van der Waals surface area (Å²) in [4.78, 5) is 0. The van der Waals surface area contributed by atoms with Crippen LogP contribution in [0.1, 0.15) is 0 Å². The molecule has 0 saturated heterocycles. The molecule has 0 heterocycles. The molecule has 0 atom stereocenters. The Labute approximate surface area is 74.1 Å². The molecule has 0 N–H and O–H groups in total. The molecular formula is BMgSiY. The van der Waals surface area contributed by atoms with Crippen molar-refractivity contribution in [3.63, 3.8) is 0 Å². The van der Waals surface area contributed by atoms with Crippen LogP contribution in [-0.2, 0) is 32.7 Å². The van der Waals surface area contributed by atoms with Gasteiger partial charge in [-0.05, 0) is 0 Å². The maximum Gasteiger partial charge on any atom is 0 e. The monoisotopic (exact) mass is 152 g/mol. The SMILES string of the molecule is [B].[Mg].[Si].[Y]. The summed E-state index contributed by atoms with van der Waals surface area (Å²) in [5.41, 5.74) is 0. The third-order valence-corrected chi connectivity index (χ3v) is 0. The van der Waals surface area contributed by atoms with Crippen molar-refractivity contribution in [3.05, 3.63) is 0 Å². The fourth-order valence-electron chi connectivity index (χ4n) is 0. The molecule has 4 heteroatoms. The van der Waals surface area contributed by atoms with Crippen LogP contribution in [0.5, 0.6) is 0 Å². The van der Waals surface area contributed by atoms with E-state index in [2.05, 4.69) is 0 Å². The Morgan fingerprint density at radius 3 is 1.00 bits per heavy atom. The van der Waals surface area contributed by atoms with Crippen molar-refractivity contribution in [3.8, 4) is 0 Å². The Balaban J connectivity index is 0. The second-order valence-electron chi connectivity index (χ2n) is 0. The fourth-order valence-corrected chi connectivity index (χ4v) is 0. The van der Waals surface area contributed by atoms with Gasteiger partial charge in [-0.1, -0.05) is 0 Å². The molecule has 0 aromatic heterocycles. The molecule has 0 bridgehead atoms. The van der Waals surface area contributed by atoms with E-state index < -0.39 is 0 Å². The first kappa shape index (κ1) is 35.3. The zero-order valence-electron chi connectivity index (χ0n) is 2.36. The van der Waals surface area contributed by atoms with E-state index in [0.29, 0.717) is 0 Å². The smallest absolute Gasteiger partial charge is 0 e. The van der Waals surface area contributed by atoms with Crippen molar-refractivity contribution in [2.75, 3.05) is 0 Å².